The first kappa shape index (κ1) is 19.9. The van der Waals surface area contributed by atoms with Gasteiger partial charge in [-0.05, 0) is 50.7 Å². The Morgan fingerprint density at radius 1 is 1.32 bits per heavy atom. The van der Waals surface area contributed by atoms with Crippen LogP contribution in [0.5, 0.6) is 0 Å². The highest BCUT2D eigenvalue weighted by molar-refractivity contribution is 5.94. The minimum atomic E-state index is -1.07. The van der Waals surface area contributed by atoms with Gasteiger partial charge in [0.25, 0.3) is 0 Å². The number of hydrogen-bond donors (Lipinski definition) is 2. The zero-order valence-corrected chi connectivity index (χ0v) is 16.7. The highest BCUT2D eigenvalue weighted by Gasteiger charge is 2.33. The van der Waals surface area contributed by atoms with Crippen LogP contribution in [0.15, 0.2) is 30.6 Å². The number of anilines is 1. The van der Waals surface area contributed by atoms with Crippen LogP contribution < -0.4 is 10.2 Å². The van der Waals surface area contributed by atoms with Crippen molar-refractivity contribution in [2.45, 2.75) is 38.9 Å². The molecule has 0 saturated heterocycles. The van der Waals surface area contributed by atoms with Crippen LogP contribution in [0.1, 0.15) is 31.9 Å². The van der Waals surface area contributed by atoms with E-state index < -0.39 is 6.09 Å². The predicted octanol–water partition coefficient (Wildman–Crippen LogP) is 2.57. The number of hydrogen-bond acceptors (Lipinski definition) is 4. The van der Waals surface area contributed by atoms with E-state index in [1.54, 1.807) is 4.90 Å². The standard InChI is InChI=1S/C20H27N5O3/c1-13-9-18(22-20(27)28)17-10-15(5-6-19(17)25(13)14(2)26)16-11-21-24(12-16)8-7-23(3)4/h5-6,10-13,18,22H,7-9H2,1-4H3,(H,27,28)/t13-,18+/m0/s1. The summed E-state index contributed by atoms with van der Waals surface area (Å²) in [5.41, 5.74) is 3.48. The second kappa shape index (κ2) is 8.02. The number of fused-ring (bicyclic) bond motifs is 1. The van der Waals surface area contributed by atoms with E-state index in [9.17, 15) is 14.7 Å². The van der Waals surface area contributed by atoms with Crippen LogP contribution in [0.25, 0.3) is 11.1 Å². The zero-order valence-electron chi connectivity index (χ0n) is 16.7. The molecule has 0 aliphatic carbocycles. The van der Waals surface area contributed by atoms with Crippen molar-refractivity contribution in [2.24, 2.45) is 0 Å². The summed E-state index contributed by atoms with van der Waals surface area (Å²) >= 11 is 0. The summed E-state index contributed by atoms with van der Waals surface area (Å²) in [6.07, 6.45) is 3.26. The van der Waals surface area contributed by atoms with Gasteiger partial charge in [0.05, 0.1) is 18.8 Å². The molecule has 2 aromatic rings. The molecule has 2 heterocycles. The van der Waals surface area contributed by atoms with Crippen molar-refractivity contribution in [1.82, 2.24) is 20.0 Å². The van der Waals surface area contributed by atoms with Crippen molar-refractivity contribution < 1.29 is 14.7 Å². The van der Waals surface area contributed by atoms with Crippen LogP contribution in [0, 0.1) is 0 Å². The highest BCUT2D eigenvalue weighted by atomic mass is 16.4. The first-order valence-corrected chi connectivity index (χ1v) is 9.37. The van der Waals surface area contributed by atoms with E-state index >= 15 is 0 Å². The molecule has 0 saturated carbocycles. The Balaban J connectivity index is 1.96. The van der Waals surface area contributed by atoms with Crippen molar-refractivity contribution in [3.05, 3.63) is 36.2 Å². The Kier molecular flexibility index (Phi) is 5.69. The molecule has 8 heteroatoms. The van der Waals surface area contributed by atoms with E-state index in [4.69, 9.17) is 0 Å². The molecular weight excluding hydrogens is 358 g/mol. The van der Waals surface area contributed by atoms with Gasteiger partial charge in [-0.2, -0.15) is 5.10 Å². The van der Waals surface area contributed by atoms with Crippen molar-refractivity contribution in [3.63, 3.8) is 0 Å². The summed E-state index contributed by atoms with van der Waals surface area (Å²) in [7, 11) is 4.04. The van der Waals surface area contributed by atoms with E-state index in [0.717, 1.165) is 35.5 Å². The molecule has 2 atom stereocenters. The Bertz CT molecular complexity index is 876. The zero-order chi connectivity index (χ0) is 20.4. The largest absolute Gasteiger partial charge is 0.465 e. The summed E-state index contributed by atoms with van der Waals surface area (Å²) in [5, 5.41) is 16.2. The molecule has 0 bridgehead atoms. The SMILES string of the molecule is CC(=O)N1c2ccc(-c3cnn(CCN(C)C)c3)cc2[C@H](NC(=O)O)C[C@@H]1C. The topological polar surface area (TPSA) is 90.7 Å². The minimum Gasteiger partial charge on any atom is -0.465 e. The second-order valence-corrected chi connectivity index (χ2v) is 7.54. The number of amides is 2. The molecule has 8 nitrogen and oxygen atoms in total. The third kappa shape index (κ3) is 4.17. The maximum absolute atomic E-state index is 12.2. The average Bonchev–Trinajstić information content (AvgIpc) is 3.08. The fraction of sp³-hybridized carbons (Fsp3) is 0.450. The van der Waals surface area contributed by atoms with Crippen LogP contribution in [-0.4, -0.2) is 58.5 Å². The number of carboxylic acid groups (broad SMARTS) is 1. The molecule has 28 heavy (non-hydrogen) atoms. The maximum Gasteiger partial charge on any atom is 0.405 e. The average molecular weight is 385 g/mol. The van der Waals surface area contributed by atoms with E-state index in [0.29, 0.717) is 6.42 Å². The smallest absolute Gasteiger partial charge is 0.405 e. The Labute approximate surface area is 164 Å². The molecule has 0 unspecified atom stereocenters. The van der Waals surface area contributed by atoms with E-state index in [-0.39, 0.29) is 18.0 Å². The second-order valence-electron chi connectivity index (χ2n) is 7.54. The molecule has 1 aromatic carbocycles. The molecule has 2 N–H and O–H groups in total. The summed E-state index contributed by atoms with van der Waals surface area (Å²) in [6.45, 7) is 5.15. The van der Waals surface area contributed by atoms with Gasteiger partial charge in [0.1, 0.15) is 0 Å². The van der Waals surface area contributed by atoms with Gasteiger partial charge in [-0.15, -0.1) is 0 Å². The van der Waals surface area contributed by atoms with Gasteiger partial charge >= 0.3 is 6.09 Å². The van der Waals surface area contributed by atoms with Gasteiger partial charge in [0, 0.05) is 37.0 Å². The summed E-state index contributed by atoms with van der Waals surface area (Å²) in [4.78, 5) is 27.3. The lowest BCUT2D eigenvalue weighted by molar-refractivity contribution is -0.117. The fourth-order valence-corrected chi connectivity index (χ4v) is 3.75. The maximum atomic E-state index is 12.2. The minimum absolute atomic E-state index is 0.0493. The first-order valence-electron chi connectivity index (χ1n) is 9.37. The molecule has 1 aliphatic heterocycles. The molecule has 3 rings (SSSR count). The van der Waals surface area contributed by atoms with Crippen LogP contribution in [-0.2, 0) is 11.3 Å². The Morgan fingerprint density at radius 3 is 2.71 bits per heavy atom. The van der Waals surface area contributed by atoms with Crippen LogP contribution in [0.3, 0.4) is 0 Å². The number of aromatic nitrogens is 2. The van der Waals surface area contributed by atoms with E-state index in [1.807, 2.05) is 56.3 Å². The van der Waals surface area contributed by atoms with Gasteiger partial charge in [-0.1, -0.05) is 6.07 Å². The van der Waals surface area contributed by atoms with Crippen LogP contribution in [0.4, 0.5) is 10.5 Å². The van der Waals surface area contributed by atoms with E-state index in [2.05, 4.69) is 15.3 Å². The van der Waals surface area contributed by atoms with Crippen molar-refractivity contribution in [2.75, 3.05) is 25.5 Å². The lowest BCUT2D eigenvalue weighted by Crippen LogP contribution is -2.45. The highest BCUT2D eigenvalue weighted by Crippen LogP contribution is 2.39. The van der Waals surface area contributed by atoms with Crippen LogP contribution >= 0.6 is 0 Å². The Hall–Kier alpha value is -2.87. The molecule has 0 radical (unpaired) electrons. The summed E-state index contributed by atoms with van der Waals surface area (Å²) < 4.78 is 1.89. The number of nitrogens with zero attached hydrogens (tertiary/aromatic N) is 4. The monoisotopic (exact) mass is 385 g/mol. The van der Waals surface area contributed by atoms with Crippen molar-refractivity contribution >= 4 is 17.7 Å². The molecule has 1 aliphatic rings. The lowest BCUT2D eigenvalue weighted by atomic mass is 9.89. The third-order valence-corrected chi connectivity index (χ3v) is 5.06. The third-order valence-electron chi connectivity index (χ3n) is 5.06. The van der Waals surface area contributed by atoms with E-state index in [1.165, 1.54) is 6.92 Å². The molecule has 0 spiro atoms. The fourth-order valence-electron chi connectivity index (χ4n) is 3.75. The molecular formula is C20H27N5O3. The summed E-state index contributed by atoms with van der Waals surface area (Å²) in [5.74, 6) is -0.0493. The number of carbonyl (C=O) groups excluding carboxylic acids is 1. The van der Waals surface area contributed by atoms with Crippen molar-refractivity contribution in [3.8, 4) is 11.1 Å². The first-order chi connectivity index (χ1) is 13.3. The summed E-state index contributed by atoms with van der Waals surface area (Å²) in [6, 6.07) is 5.38. The number of rotatable bonds is 5. The Morgan fingerprint density at radius 2 is 2.07 bits per heavy atom. The number of nitrogens with one attached hydrogen (secondary N) is 1. The lowest BCUT2D eigenvalue weighted by Gasteiger charge is -2.39. The quantitative estimate of drug-likeness (QED) is 0.825. The number of benzene rings is 1. The van der Waals surface area contributed by atoms with Gasteiger partial charge in [0.15, 0.2) is 0 Å². The number of likely N-dealkylation sites (N-methyl/N-ethyl adjacent to an activating group) is 1. The predicted molar refractivity (Wildman–Crippen MR) is 107 cm³/mol. The van der Waals surface area contributed by atoms with Gasteiger partial charge in [-0.25, -0.2) is 4.79 Å². The van der Waals surface area contributed by atoms with Crippen molar-refractivity contribution in [1.29, 1.82) is 0 Å². The number of carbonyl (C=O) groups is 2. The molecule has 2 amide bonds. The van der Waals surface area contributed by atoms with Gasteiger partial charge in [-0.3, -0.25) is 9.48 Å². The molecule has 150 valence electrons. The normalized spacial score (nSPS) is 18.8. The van der Waals surface area contributed by atoms with Gasteiger partial charge in [0.2, 0.25) is 5.91 Å². The molecule has 1 aromatic heterocycles. The molecule has 0 fully saturated rings. The van der Waals surface area contributed by atoms with Crippen LogP contribution in [0.2, 0.25) is 0 Å². The van der Waals surface area contributed by atoms with Gasteiger partial charge < -0.3 is 20.2 Å².